The highest BCUT2D eigenvalue weighted by Gasteiger charge is 2.33. The van der Waals surface area contributed by atoms with E-state index in [9.17, 15) is 9.59 Å². The van der Waals surface area contributed by atoms with Gasteiger partial charge in [-0.05, 0) is 26.7 Å². The molecule has 0 aromatic carbocycles. The minimum absolute atomic E-state index is 0.0786. The minimum Gasteiger partial charge on any atom is -0.461 e. The highest BCUT2D eigenvalue weighted by molar-refractivity contribution is 6.03. The third-order valence-corrected chi connectivity index (χ3v) is 3.60. The van der Waals surface area contributed by atoms with Gasteiger partial charge in [-0.2, -0.15) is 5.10 Å². The molecule has 1 saturated carbocycles. The van der Waals surface area contributed by atoms with Gasteiger partial charge in [0.25, 0.3) is 0 Å². The molecule has 0 unspecified atom stereocenters. The molecule has 0 radical (unpaired) electrons. The third-order valence-electron chi connectivity index (χ3n) is 3.60. The zero-order chi connectivity index (χ0) is 16.6. The fraction of sp³-hybridized carbons (Fsp3) is 0.533. The molecule has 3 rings (SSSR count). The second kappa shape index (κ2) is 5.94. The number of rotatable bonds is 5. The van der Waals surface area contributed by atoms with Crippen LogP contribution in [0.15, 0.2) is 0 Å². The molecule has 0 N–H and O–H groups in total. The molecule has 0 aliphatic heterocycles. The Morgan fingerprint density at radius 2 is 1.78 bits per heavy atom. The van der Waals surface area contributed by atoms with Crippen LogP contribution in [0.3, 0.4) is 0 Å². The van der Waals surface area contributed by atoms with Crippen molar-refractivity contribution in [1.82, 2.24) is 19.7 Å². The number of ether oxygens (including phenoxy) is 2. The Labute approximate surface area is 132 Å². The molecule has 0 spiro atoms. The van der Waals surface area contributed by atoms with Crippen molar-refractivity contribution in [2.24, 2.45) is 7.05 Å². The second-order valence-electron chi connectivity index (χ2n) is 5.32. The Hall–Kier alpha value is -2.51. The molecular weight excluding hydrogens is 300 g/mol. The van der Waals surface area contributed by atoms with Gasteiger partial charge in [0.05, 0.1) is 24.3 Å². The molecule has 2 aromatic rings. The summed E-state index contributed by atoms with van der Waals surface area (Å²) in [6.45, 7) is 3.83. The molecule has 8 nitrogen and oxygen atoms in total. The van der Waals surface area contributed by atoms with E-state index in [1.807, 2.05) is 0 Å². The topological polar surface area (TPSA) is 96.2 Å². The van der Waals surface area contributed by atoms with Crippen molar-refractivity contribution in [2.45, 2.75) is 32.6 Å². The van der Waals surface area contributed by atoms with Crippen LogP contribution in [0.25, 0.3) is 11.0 Å². The number of nitrogens with zero attached hydrogens (tertiary/aromatic N) is 4. The van der Waals surface area contributed by atoms with Gasteiger partial charge in [-0.25, -0.2) is 19.6 Å². The van der Waals surface area contributed by atoms with Gasteiger partial charge in [0, 0.05) is 13.0 Å². The molecule has 8 heteroatoms. The van der Waals surface area contributed by atoms with Crippen LogP contribution in [-0.2, 0) is 16.5 Å². The van der Waals surface area contributed by atoms with E-state index in [-0.39, 0.29) is 24.7 Å². The maximum Gasteiger partial charge on any atom is 0.376 e. The maximum atomic E-state index is 12.3. The number of aromatic nitrogens is 4. The van der Waals surface area contributed by atoms with Crippen molar-refractivity contribution in [3.63, 3.8) is 0 Å². The van der Waals surface area contributed by atoms with E-state index in [4.69, 9.17) is 9.47 Å². The molecular formula is C15H18N4O4. The summed E-state index contributed by atoms with van der Waals surface area (Å²) >= 11 is 0. The quantitative estimate of drug-likeness (QED) is 0.772. The Morgan fingerprint density at radius 1 is 1.13 bits per heavy atom. The van der Waals surface area contributed by atoms with E-state index in [0.29, 0.717) is 17.0 Å². The van der Waals surface area contributed by atoms with Crippen LogP contribution in [0.2, 0.25) is 0 Å². The minimum atomic E-state index is -0.672. The molecule has 0 amide bonds. The molecule has 1 fully saturated rings. The Morgan fingerprint density at radius 3 is 2.39 bits per heavy atom. The fourth-order valence-corrected chi connectivity index (χ4v) is 2.45. The summed E-state index contributed by atoms with van der Waals surface area (Å²) in [5.74, 6) is -1.11. The van der Waals surface area contributed by atoms with Crippen LogP contribution < -0.4 is 0 Å². The predicted molar refractivity (Wildman–Crippen MR) is 80.2 cm³/mol. The summed E-state index contributed by atoms with van der Waals surface area (Å²) in [5, 5.41) is 5.03. The number of fused-ring (bicyclic) bond motifs is 1. The second-order valence-corrected chi connectivity index (χ2v) is 5.32. The first-order valence-corrected chi connectivity index (χ1v) is 7.65. The van der Waals surface area contributed by atoms with E-state index in [0.717, 1.165) is 18.5 Å². The van der Waals surface area contributed by atoms with Crippen molar-refractivity contribution in [2.75, 3.05) is 13.2 Å². The van der Waals surface area contributed by atoms with E-state index in [1.165, 1.54) is 0 Å². The number of carbonyl (C=O) groups excluding carboxylic acids is 2. The first-order chi connectivity index (χ1) is 11.1. The van der Waals surface area contributed by atoms with Gasteiger partial charge in [0.2, 0.25) is 5.82 Å². The SMILES string of the molecule is CCOC(=O)c1nc(C(=O)OCC)c2c(C3CC3)nn(C)c2n1. The Balaban J connectivity index is 2.21. The van der Waals surface area contributed by atoms with Gasteiger partial charge in [0.1, 0.15) is 0 Å². The van der Waals surface area contributed by atoms with Crippen LogP contribution in [0, 0.1) is 0 Å². The van der Waals surface area contributed by atoms with Crippen molar-refractivity contribution in [3.05, 3.63) is 17.2 Å². The molecule has 1 aliphatic rings. The number of hydrogen-bond acceptors (Lipinski definition) is 7. The highest BCUT2D eigenvalue weighted by Crippen LogP contribution is 2.42. The molecule has 122 valence electrons. The van der Waals surface area contributed by atoms with Gasteiger partial charge in [-0.3, -0.25) is 4.68 Å². The molecule has 0 saturated heterocycles. The summed E-state index contributed by atoms with van der Waals surface area (Å²) in [4.78, 5) is 32.6. The highest BCUT2D eigenvalue weighted by atomic mass is 16.5. The standard InChI is InChI=1S/C15H18N4O4/c1-4-22-14(20)11-9-10(8-6-7-8)18-19(3)13(9)17-12(16-11)15(21)23-5-2/h8H,4-7H2,1-3H3. The molecule has 2 heterocycles. The number of carbonyl (C=O) groups is 2. The van der Waals surface area contributed by atoms with Crippen LogP contribution in [0.1, 0.15) is 59.4 Å². The molecule has 0 atom stereocenters. The third kappa shape index (κ3) is 2.76. The first-order valence-electron chi connectivity index (χ1n) is 7.65. The average Bonchev–Trinajstić information content (AvgIpc) is 3.32. The molecule has 1 aliphatic carbocycles. The zero-order valence-corrected chi connectivity index (χ0v) is 13.3. The lowest BCUT2D eigenvalue weighted by atomic mass is 10.1. The summed E-state index contributed by atoms with van der Waals surface area (Å²) in [7, 11) is 1.73. The van der Waals surface area contributed by atoms with Crippen LogP contribution >= 0.6 is 0 Å². The lowest BCUT2D eigenvalue weighted by molar-refractivity contribution is 0.0507. The lowest BCUT2D eigenvalue weighted by Gasteiger charge is -2.06. The number of aryl methyl sites for hydroxylation is 1. The lowest BCUT2D eigenvalue weighted by Crippen LogP contribution is -2.16. The predicted octanol–water partition coefficient (Wildman–Crippen LogP) is 1.59. The smallest absolute Gasteiger partial charge is 0.376 e. The normalized spacial score (nSPS) is 14.0. The van der Waals surface area contributed by atoms with Gasteiger partial charge in [0.15, 0.2) is 11.3 Å². The van der Waals surface area contributed by atoms with Crippen molar-refractivity contribution in [3.8, 4) is 0 Å². The van der Waals surface area contributed by atoms with Crippen LogP contribution in [0.5, 0.6) is 0 Å². The van der Waals surface area contributed by atoms with E-state index in [1.54, 1.807) is 25.6 Å². The summed E-state index contributed by atoms with van der Waals surface area (Å²) < 4.78 is 11.6. The Bertz CT molecular complexity index is 779. The van der Waals surface area contributed by atoms with Crippen molar-refractivity contribution >= 4 is 23.0 Å². The Kier molecular flexibility index (Phi) is 3.97. The zero-order valence-electron chi connectivity index (χ0n) is 13.3. The molecule has 0 bridgehead atoms. The molecule has 2 aromatic heterocycles. The molecule has 23 heavy (non-hydrogen) atoms. The maximum absolute atomic E-state index is 12.3. The first kappa shape index (κ1) is 15.4. The number of esters is 2. The summed E-state index contributed by atoms with van der Waals surface area (Å²) in [6.07, 6.45) is 2.04. The van der Waals surface area contributed by atoms with E-state index in [2.05, 4.69) is 15.1 Å². The van der Waals surface area contributed by atoms with Gasteiger partial charge in [-0.1, -0.05) is 0 Å². The van der Waals surface area contributed by atoms with Gasteiger partial charge < -0.3 is 9.47 Å². The van der Waals surface area contributed by atoms with E-state index >= 15 is 0 Å². The van der Waals surface area contributed by atoms with Gasteiger partial charge in [-0.15, -0.1) is 0 Å². The fourth-order valence-electron chi connectivity index (χ4n) is 2.45. The van der Waals surface area contributed by atoms with Gasteiger partial charge >= 0.3 is 11.9 Å². The van der Waals surface area contributed by atoms with Crippen LogP contribution in [-0.4, -0.2) is 44.9 Å². The van der Waals surface area contributed by atoms with E-state index < -0.39 is 11.9 Å². The van der Waals surface area contributed by atoms with Crippen molar-refractivity contribution in [1.29, 1.82) is 0 Å². The summed E-state index contributed by atoms with van der Waals surface area (Å²) in [6, 6.07) is 0. The summed E-state index contributed by atoms with van der Waals surface area (Å²) in [5.41, 5.74) is 1.31. The van der Waals surface area contributed by atoms with Crippen molar-refractivity contribution < 1.29 is 19.1 Å². The monoisotopic (exact) mass is 318 g/mol. The number of hydrogen-bond donors (Lipinski definition) is 0. The average molecular weight is 318 g/mol. The largest absolute Gasteiger partial charge is 0.461 e. The van der Waals surface area contributed by atoms with Crippen LogP contribution in [0.4, 0.5) is 0 Å².